The normalized spacial score (nSPS) is 10.4. The van der Waals surface area contributed by atoms with Crippen LogP contribution in [0.15, 0.2) is 23.1 Å². The summed E-state index contributed by atoms with van der Waals surface area (Å²) < 4.78 is 0. The number of halogens is 1. The Kier molecular flexibility index (Phi) is 5.71. The molecule has 1 rings (SSSR count). The van der Waals surface area contributed by atoms with Gasteiger partial charge >= 0.3 is 0 Å². The standard InChI is InChI=1S/C12H17ClN2S/c1-2-3-4-7-16-11-8-9(13)5-6-10(11)12(14)15/h5-6,8H,2-4,7H2,1H3,(H3,14,15). The lowest BCUT2D eigenvalue weighted by Crippen LogP contribution is -2.12. The van der Waals surface area contributed by atoms with Crippen LogP contribution in [-0.2, 0) is 0 Å². The van der Waals surface area contributed by atoms with Gasteiger partial charge in [-0.05, 0) is 30.4 Å². The van der Waals surface area contributed by atoms with Crippen molar-refractivity contribution in [3.63, 3.8) is 0 Å². The Morgan fingerprint density at radius 1 is 1.44 bits per heavy atom. The van der Waals surface area contributed by atoms with Crippen molar-refractivity contribution in [1.29, 1.82) is 5.41 Å². The highest BCUT2D eigenvalue weighted by atomic mass is 35.5. The van der Waals surface area contributed by atoms with Gasteiger partial charge in [-0.2, -0.15) is 0 Å². The molecular weight excluding hydrogens is 240 g/mol. The molecule has 1 aromatic carbocycles. The Morgan fingerprint density at radius 2 is 2.19 bits per heavy atom. The van der Waals surface area contributed by atoms with Crippen molar-refractivity contribution in [2.45, 2.75) is 31.1 Å². The summed E-state index contributed by atoms with van der Waals surface area (Å²) in [6, 6.07) is 5.47. The second kappa shape index (κ2) is 6.81. The van der Waals surface area contributed by atoms with Crippen molar-refractivity contribution in [2.24, 2.45) is 5.73 Å². The first kappa shape index (κ1) is 13.4. The van der Waals surface area contributed by atoms with Crippen LogP contribution in [0.1, 0.15) is 31.7 Å². The number of rotatable bonds is 6. The smallest absolute Gasteiger partial charge is 0.123 e. The first-order valence-electron chi connectivity index (χ1n) is 5.42. The van der Waals surface area contributed by atoms with E-state index in [-0.39, 0.29) is 5.84 Å². The number of hydrogen-bond donors (Lipinski definition) is 2. The molecule has 0 radical (unpaired) electrons. The second-order valence-electron chi connectivity index (χ2n) is 3.61. The van der Waals surface area contributed by atoms with Gasteiger partial charge < -0.3 is 5.73 Å². The van der Waals surface area contributed by atoms with Crippen molar-refractivity contribution < 1.29 is 0 Å². The molecule has 0 amide bonds. The van der Waals surface area contributed by atoms with E-state index >= 15 is 0 Å². The van der Waals surface area contributed by atoms with Crippen LogP contribution < -0.4 is 5.73 Å². The van der Waals surface area contributed by atoms with Crippen LogP contribution >= 0.6 is 23.4 Å². The number of nitrogens with two attached hydrogens (primary N) is 1. The van der Waals surface area contributed by atoms with Crippen molar-refractivity contribution in [2.75, 3.05) is 5.75 Å². The highest BCUT2D eigenvalue weighted by molar-refractivity contribution is 7.99. The molecule has 0 aliphatic heterocycles. The van der Waals surface area contributed by atoms with Gasteiger partial charge in [0, 0.05) is 15.5 Å². The molecule has 3 N–H and O–H groups in total. The Labute approximate surface area is 106 Å². The molecular formula is C12H17ClN2S. The zero-order valence-corrected chi connectivity index (χ0v) is 11.0. The van der Waals surface area contributed by atoms with Crippen LogP contribution in [0.25, 0.3) is 0 Å². The van der Waals surface area contributed by atoms with E-state index in [2.05, 4.69) is 6.92 Å². The van der Waals surface area contributed by atoms with Gasteiger partial charge in [0.2, 0.25) is 0 Å². The molecule has 0 saturated heterocycles. The fourth-order valence-corrected chi connectivity index (χ4v) is 2.72. The number of amidine groups is 1. The summed E-state index contributed by atoms with van der Waals surface area (Å²) in [5.74, 6) is 1.16. The summed E-state index contributed by atoms with van der Waals surface area (Å²) in [6.07, 6.45) is 3.64. The summed E-state index contributed by atoms with van der Waals surface area (Å²) in [6.45, 7) is 2.19. The Morgan fingerprint density at radius 3 is 2.81 bits per heavy atom. The summed E-state index contributed by atoms with van der Waals surface area (Å²) >= 11 is 7.66. The summed E-state index contributed by atoms with van der Waals surface area (Å²) in [4.78, 5) is 1.01. The average Bonchev–Trinajstić information content (AvgIpc) is 2.24. The van der Waals surface area contributed by atoms with Gasteiger partial charge in [-0.25, -0.2) is 0 Å². The number of hydrogen-bond acceptors (Lipinski definition) is 2. The third-order valence-electron chi connectivity index (χ3n) is 2.24. The van der Waals surface area contributed by atoms with Gasteiger partial charge in [0.15, 0.2) is 0 Å². The number of unbranched alkanes of at least 4 members (excludes halogenated alkanes) is 2. The second-order valence-corrected chi connectivity index (χ2v) is 5.18. The van der Waals surface area contributed by atoms with E-state index in [9.17, 15) is 0 Å². The number of nitrogen functional groups attached to an aromatic ring is 1. The maximum absolute atomic E-state index is 7.48. The largest absolute Gasteiger partial charge is 0.384 e. The lowest BCUT2D eigenvalue weighted by atomic mass is 10.2. The van der Waals surface area contributed by atoms with E-state index in [1.807, 2.05) is 12.1 Å². The number of nitrogens with one attached hydrogen (secondary N) is 1. The molecule has 0 saturated carbocycles. The quantitative estimate of drug-likeness (QED) is 0.351. The van der Waals surface area contributed by atoms with Crippen molar-refractivity contribution in [3.05, 3.63) is 28.8 Å². The topological polar surface area (TPSA) is 49.9 Å². The van der Waals surface area contributed by atoms with Gasteiger partial charge in [-0.1, -0.05) is 31.4 Å². The molecule has 0 unspecified atom stereocenters. The predicted octanol–water partition coefficient (Wildman–Crippen LogP) is 3.91. The van der Waals surface area contributed by atoms with E-state index < -0.39 is 0 Å². The molecule has 16 heavy (non-hydrogen) atoms. The average molecular weight is 257 g/mol. The third kappa shape index (κ3) is 4.06. The molecule has 0 spiro atoms. The highest BCUT2D eigenvalue weighted by Gasteiger charge is 2.06. The van der Waals surface area contributed by atoms with E-state index in [1.165, 1.54) is 19.3 Å². The van der Waals surface area contributed by atoms with E-state index in [4.69, 9.17) is 22.7 Å². The number of benzene rings is 1. The molecule has 0 aliphatic rings. The first-order chi connectivity index (χ1) is 7.65. The maximum Gasteiger partial charge on any atom is 0.123 e. The van der Waals surface area contributed by atoms with Crippen molar-refractivity contribution >= 4 is 29.2 Å². The van der Waals surface area contributed by atoms with E-state index in [0.717, 1.165) is 16.2 Å². The summed E-state index contributed by atoms with van der Waals surface area (Å²) in [5.41, 5.74) is 6.31. The van der Waals surface area contributed by atoms with Gasteiger partial charge in [0.1, 0.15) is 5.84 Å². The van der Waals surface area contributed by atoms with E-state index in [1.54, 1.807) is 17.8 Å². The first-order valence-corrected chi connectivity index (χ1v) is 6.78. The van der Waals surface area contributed by atoms with Gasteiger partial charge in [-0.15, -0.1) is 11.8 Å². The Bertz CT molecular complexity index is 366. The minimum atomic E-state index is 0.106. The van der Waals surface area contributed by atoms with Crippen LogP contribution in [0, 0.1) is 5.41 Å². The molecule has 0 bridgehead atoms. The van der Waals surface area contributed by atoms with Crippen LogP contribution in [0.4, 0.5) is 0 Å². The van der Waals surface area contributed by atoms with E-state index in [0.29, 0.717) is 5.02 Å². The monoisotopic (exact) mass is 256 g/mol. The van der Waals surface area contributed by atoms with Crippen LogP contribution in [0.3, 0.4) is 0 Å². The zero-order valence-electron chi connectivity index (χ0n) is 9.42. The van der Waals surface area contributed by atoms with Crippen molar-refractivity contribution in [1.82, 2.24) is 0 Å². The Balaban J connectivity index is 2.68. The molecule has 0 aliphatic carbocycles. The predicted molar refractivity (Wildman–Crippen MR) is 72.7 cm³/mol. The van der Waals surface area contributed by atoms with Gasteiger partial charge in [-0.3, -0.25) is 5.41 Å². The molecule has 0 fully saturated rings. The number of thioether (sulfide) groups is 1. The third-order valence-corrected chi connectivity index (χ3v) is 3.62. The lowest BCUT2D eigenvalue weighted by molar-refractivity contribution is 0.778. The van der Waals surface area contributed by atoms with Crippen molar-refractivity contribution in [3.8, 4) is 0 Å². The SMILES string of the molecule is CCCCCSc1cc(Cl)ccc1C(=N)N. The fourth-order valence-electron chi connectivity index (χ4n) is 1.37. The summed E-state index contributed by atoms with van der Waals surface area (Å²) in [7, 11) is 0. The minimum absolute atomic E-state index is 0.106. The van der Waals surface area contributed by atoms with Gasteiger partial charge in [0.25, 0.3) is 0 Å². The molecule has 0 heterocycles. The Hall–Kier alpha value is -0.670. The molecule has 4 heteroatoms. The minimum Gasteiger partial charge on any atom is -0.384 e. The van der Waals surface area contributed by atoms with Crippen LogP contribution in [-0.4, -0.2) is 11.6 Å². The van der Waals surface area contributed by atoms with Crippen LogP contribution in [0.5, 0.6) is 0 Å². The molecule has 1 aromatic rings. The van der Waals surface area contributed by atoms with Gasteiger partial charge in [0.05, 0.1) is 0 Å². The molecule has 2 nitrogen and oxygen atoms in total. The van der Waals surface area contributed by atoms with Crippen LogP contribution in [0.2, 0.25) is 5.02 Å². The summed E-state index contributed by atoms with van der Waals surface area (Å²) in [5, 5.41) is 8.18. The highest BCUT2D eigenvalue weighted by Crippen LogP contribution is 2.27. The molecule has 0 aromatic heterocycles. The fraction of sp³-hybridized carbons (Fsp3) is 0.417. The zero-order chi connectivity index (χ0) is 12.0. The molecule has 88 valence electrons. The molecule has 0 atom stereocenters. The lowest BCUT2D eigenvalue weighted by Gasteiger charge is -2.08. The maximum atomic E-state index is 7.48.